The molecule has 2 rings (SSSR count). The van der Waals surface area contributed by atoms with Crippen molar-refractivity contribution < 1.29 is 8.42 Å². The number of alkyl halides is 1. The van der Waals surface area contributed by atoms with Crippen LogP contribution in [0.2, 0.25) is 0 Å². The second-order valence-corrected chi connectivity index (χ2v) is 8.02. The van der Waals surface area contributed by atoms with Gasteiger partial charge in [-0.25, -0.2) is 8.42 Å². The molecule has 0 aliphatic carbocycles. The van der Waals surface area contributed by atoms with Crippen LogP contribution in [0.3, 0.4) is 0 Å². The maximum absolute atomic E-state index is 13.0. The van der Waals surface area contributed by atoms with Gasteiger partial charge in [-0.1, -0.05) is 6.07 Å². The predicted molar refractivity (Wildman–Crippen MR) is 86.3 cm³/mol. The van der Waals surface area contributed by atoms with E-state index in [-0.39, 0.29) is 6.04 Å². The fourth-order valence-corrected chi connectivity index (χ4v) is 4.97. The van der Waals surface area contributed by atoms with Crippen molar-refractivity contribution in [2.45, 2.75) is 37.6 Å². The quantitative estimate of drug-likeness (QED) is 0.799. The number of hydrogen-bond donors (Lipinski definition) is 0. The van der Waals surface area contributed by atoms with Crippen LogP contribution in [0, 0.1) is 13.8 Å². The van der Waals surface area contributed by atoms with Gasteiger partial charge in [-0.15, -0.1) is 11.6 Å². The molecular formula is C15H23ClN2O2S. The number of likely N-dealkylation sites (N-methyl/N-ethyl adjacent to an activating group) is 1. The van der Waals surface area contributed by atoms with Crippen LogP contribution in [0.4, 0.5) is 0 Å². The molecule has 1 atom stereocenters. The second-order valence-electron chi connectivity index (χ2n) is 5.90. The molecule has 1 aromatic rings. The minimum atomic E-state index is -3.47. The summed E-state index contributed by atoms with van der Waals surface area (Å²) in [6.07, 6.45) is 0. The molecular weight excluding hydrogens is 308 g/mol. The molecule has 1 saturated heterocycles. The minimum Gasteiger partial charge on any atom is -0.303 e. The highest BCUT2D eigenvalue weighted by atomic mass is 35.5. The van der Waals surface area contributed by atoms with Crippen molar-refractivity contribution in [3.8, 4) is 0 Å². The lowest BCUT2D eigenvalue weighted by Crippen LogP contribution is -2.52. The summed E-state index contributed by atoms with van der Waals surface area (Å²) in [5.41, 5.74) is 2.63. The zero-order valence-electron chi connectivity index (χ0n) is 13.1. The number of hydrogen-bond acceptors (Lipinski definition) is 3. The first-order valence-electron chi connectivity index (χ1n) is 7.14. The molecule has 1 unspecified atom stereocenters. The zero-order chi connectivity index (χ0) is 15.8. The first kappa shape index (κ1) is 16.7. The van der Waals surface area contributed by atoms with Crippen LogP contribution in [0.1, 0.15) is 23.6 Å². The van der Waals surface area contributed by atoms with Gasteiger partial charge in [0.1, 0.15) is 0 Å². The molecule has 1 heterocycles. The minimum absolute atomic E-state index is 0.0203. The molecule has 4 nitrogen and oxygen atoms in total. The first-order chi connectivity index (χ1) is 9.77. The van der Waals surface area contributed by atoms with Crippen LogP contribution in [-0.2, 0) is 15.9 Å². The van der Waals surface area contributed by atoms with E-state index >= 15 is 0 Å². The molecule has 0 bridgehead atoms. The van der Waals surface area contributed by atoms with Crippen molar-refractivity contribution in [3.63, 3.8) is 0 Å². The van der Waals surface area contributed by atoms with E-state index in [0.717, 1.165) is 29.8 Å². The van der Waals surface area contributed by atoms with E-state index in [1.54, 1.807) is 10.4 Å². The molecule has 1 aliphatic heterocycles. The molecule has 0 aromatic heterocycles. The number of rotatable bonds is 3. The van der Waals surface area contributed by atoms with Crippen LogP contribution in [-0.4, -0.2) is 50.3 Å². The Bertz CT molecular complexity index is 631. The van der Waals surface area contributed by atoms with Crippen LogP contribution in [0.25, 0.3) is 0 Å². The summed E-state index contributed by atoms with van der Waals surface area (Å²) in [6, 6.07) is 3.65. The van der Waals surface area contributed by atoms with E-state index in [4.69, 9.17) is 11.6 Å². The molecule has 1 aromatic carbocycles. The largest absolute Gasteiger partial charge is 0.303 e. The van der Waals surface area contributed by atoms with Gasteiger partial charge in [0.2, 0.25) is 10.0 Å². The molecule has 0 N–H and O–H groups in total. The molecule has 6 heteroatoms. The lowest BCUT2D eigenvalue weighted by molar-refractivity contribution is 0.170. The summed E-state index contributed by atoms with van der Waals surface area (Å²) in [7, 11) is -1.45. The van der Waals surface area contributed by atoms with E-state index in [2.05, 4.69) is 4.90 Å². The average molecular weight is 331 g/mol. The van der Waals surface area contributed by atoms with Crippen molar-refractivity contribution >= 4 is 21.6 Å². The molecule has 1 fully saturated rings. The smallest absolute Gasteiger partial charge is 0.243 e. The third-order valence-electron chi connectivity index (χ3n) is 4.19. The van der Waals surface area contributed by atoms with Crippen molar-refractivity contribution in [2.75, 3.05) is 26.7 Å². The first-order valence-corrected chi connectivity index (χ1v) is 9.11. The van der Waals surface area contributed by atoms with Crippen LogP contribution in [0.5, 0.6) is 0 Å². The zero-order valence-corrected chi connectivity index (χ0v) is 14.6. The van der Waals surface area contributed by atoms with Crippen LogP contribution < -0.4 is 0 Å². The lowest BCUT2D eigenvalue weighted by atomic mass is 10.1. The third-order valence-corrected chi connectivity index (χ3v) is 6.64. The maximum atomic E-state index is 13.0. The summed E-state index contributed by atoms with van der Waals surface area (Å²) in [6.45, 7) is 7.80. The molecule has 0 spiro atoms. The molecule has 1 aliphatic rings. The number of nitrogens with zero attached hydrogens (tertiary/aromatic N) is 2. The summed E-state index contributed by atoms with van der Waals surface area (Å²) < 4.78 is 27.6. The normalized spacial score (nSPS) is 21.7. The van der Waals surface area contributed by atoms with E-state index in [1.165, 1.54) is 0 Å². The molecule has 0 radical (unpaired) electrons. The summed E-state index contributed by atoms with van der Waals surface area (Å²) >= 11 is 5.89. The Kier molecular flexibility index (Phi) is 4.98. The number of benzene rings is 1. The average Bonchev–Trinajstić information content (AvgIpc) is 2.40. The van der Waals surface area contributed by atoms with Gasteiger partial charge in [-0.05, 0) is 50.6 Å². The van der Waals surface area contributed by atoms with Crippen LogP contribution >= 0.6 is 11.6 Å². The van der Waals surface area contributed by atoms with Gasteiger partial charge >= 0.3 is 0 Å². The Morgan fingerprint density at radius 3 is 2.52 bits per heavy atom. The second kappa shape index (κ2) is 6.24. The maximum Gasteiger partial charge on any atom is 0.243 e. The van der Waals surface area contributed by atoms with Crippen molar-refractivity contribution in [1.29, 1.82) is 0 Å². The Balaban J connectivity index is 2.47. The van der Waals surface area contributed by atoms with Gasteiger partial charge < -0.3 is 4.90 Å². The van der Waals surface area contributed by atoms with Gasteiger partial charge in [0.25, 0.3) is 0 Å². The van der Waals surface area contributed by atoms with Crippen molar-refractivity contribution in [2.24, 2.45) is 0 Å². The SMILES string of the molecule is Cc1cc(CCl)cc(S(=O)(=O)N2CCN(C)CC2C)c1C. The highest BCUT2D eigenvalue weighted by molar-refractivity contribution is 7.89. The van der Waals surface area contributed by atoms with Crippen molar-refractivity contribution in [1.82, 2.24) is 9.21 Å². The monoisotopic (exact) mass is 330 g/mol. The highest BCUT2D eigenvalue weighted by Gasteiger charge is 2.33. The van der Waals surface area contributed by atoms with Crippen LogP contribution in [0.15, 0.2) is 17.0 Å². The third kappa shape index (κ3) is 3.26. The van der Waals surface area contributed by atoms with E-state index < -0.39 is 10.0 Å². The number of halogens is 1. The van der Waals surface area contributed by atoms with Crippen molar-refractivity contribution in [3.05, 3.63) is 28.8 Å². The van der Waals surface area contributed by atoms with Gasteiger partial charge in [-0.2, -0.15) is 4.31 Å². The van der Waals surface area contributed by atoms with Gasteiger partial charge in [0.15, 0.2) is 0 Å². The number of piperazine rings is 1. The fourth-order valence-electron chi connectivity index (χ4n) is 2.85. The Morgan fingerprint density at radius 1 is 1.29 bits per heavy atom. The van der Waals surface area contributed by atoms with E-state index in [9.17, 15) is 8.42 Å². The predicted octanol–water partition coefficient (Wildman–Crippen LogP) is 2.37. The Hall–Kier alpha value is -0.620. The number of sulfonamides is 1. The molecule has 21 heavy (non-hydrogen) atoms. The summed E-state index contributed by atoms with van der Waals surface area (Å²) in [5.74, 6) is 0.321. The van der Waals surface area contributed by atoms with E-state index in [0.29, 0.717) is 17.3 Å². The fraction of sp³-hybridized carbons (Fsp3) is 0.600. The molecule has 0 amide bonds. The molecule has 118 valence electrons. The topological polar surface area (TPSA) is 40.6 Å². The summed E-state index contributed by atoms with van der Waals surface area (Å²) in [5, 5.41) is 0. The standard InChI is InChI=1S/C15H23ClN2O2S/c1-11-7-14(9-16)8-15(13(11)3)21(19,20)18-6-5-17(4)10-12(18)2/h7-8,12H,5-6,9-10H2,1-4H3. The number of aryl methyl sites for hydroxylation is 1. The van der Waals surface area contributed by atoms with Gasteiger partial charge in [0, 0.05) is 31.6 Å². The van der Waals surface area contributed by atoms with Gasteiger partial charge in [0.05, 0.1) is 4.90 Å². The molecule has 0 saturated carbocycles. The van der Waals surface area contributed by atoms with Gasteiger partial charge in [-0.3, -0.25) is 0 Å². The highest BCUT2D eigenvalue weighted by Crippen LogP contribution is 2.27. The Morgan fingerprint density at radius 2 is 1.95 bits per heavy atom. The lowest BCUT2D eigenvalue weighted by Gasteiger charge is -2.37. The summed E-state index contributed by atoms with van der Waals surface area (Å²) in [4.78, 5) is 2.55. The van der Waals surface area contributed by atoms with E-state index in [1.807, 2.05) is 33.9 Å². The Labute approximate surface area is 132 Å².